The quantitative estimate of drug-likeness (QED) is 0.304. The molecule has 0 amide bonds. The molecule has 0 radical (unpaired) electrons. The van der Waals surface area contributed by atoms with Crippen molar-refractivity contribution in [3.63, 3.8) is 0 Å². The number of carbonyl (C=O) groups is 1. The van der Waals surface area contributed by atoms with Gasteiger partial charge in [0.1, 0.15) is 5.75 Å². The maximum atomic E-state index is 13.4. The summed E-state index contributed by atoms with van der Waals surface area (Å²) in [6.07, 6.45) is -0.220. The highest BCUT2D eigenvalue weighted by Gasteiger charge is 2.43. The van der Waals surface area contributed by atoms with Gasteiger partial charge in [-0.2, -0.15) is 5.10 Å². The van der Waals surface area contributed by atoms with E-state index in [1.54, 1.807) is 35.3 Å². The summed E-state index contributed by atoms with van der Waals surface area (Å²) in [5.74, 6) is 0.490. The Kier molecular flexibility index (Phi) is 4.86. The second kappa shape index (κ2) is 7.91. The SMILES string of the molecule is O=C(c1ccc(Cl)cc1)[C@H]1Oc2ccc(Cl)cc2[C@@H]2CC(c3ccc4ccccc4c3)=NN12. The molecule has 6 heteroatoms. The second-order valence-electron chi connectivity index (χ2n) is 8.23. The number of nitrogens with zero attached hydrogens (tertiary/aromatic N) is 2. The average Bonchev–Trinajstić information content (AvgIpc) is 3.29. The van der Waals surface area contributed by atoms with Gasteiger partial charge in [0.15, 0.2) is 0 Å². The summed E-state index contributed by atoms with van der Waals surface area (Å²) < 4.78 is 6.18. The highest BCUT2D eigenvalue weighted by atomic mass is 35.5. The molecule has 0 aromatic heterocycles. The van der Waals surface area contributed by atoms with E-state index in [1.165, 1.54) is 5.39 Å². The van der Waals surface area contributed by atoms with Crippen LogP contribution >= 0.6 is 23.2 Å². The molecule has 0 saturated carbocycles. The molecule has 0 bridgehead atoms. The van der Waals surface area contributed by atoms with Gasteiger partial charge in [-0.05, 0) is 64.9 Å². The fraction of sp³-hybridized carbons (Fsp3) is 0.111. The monoisotopic (exact) mass is 472 g/mol. The zero-order valence-electron chi connectivity index (χ0n) is 17.4. The molecule has 0 spiro atoms. The summed E-state index contributed by atoms with van der Waals surface area (Å²) in [4.78, 5) is 13.4. The van der Waals surface area contributed by atoms with Crippen molar-refractivity contribution in [1.29, 1.82) is 0 Å². The highest BCUT2D eigenvalue weighted by Crippen LogP contribution is 2.44. The average molecular weight is 473 g/mol. The molecule has 162 valence electrons. The van der Waals surface area contributed by atoms with Gasteiger partial charge in [-0.25, -0.2) is 5.01 Å². The van der Waals surface area contributed by atoms with Crippen molar-refractivity contribution in [2.24, 2.45) is 5.10 Å². The van der Waals surface area contributed by atoms with Crippen LogP contribution in [0.5, 0.6) is 5.75 Å². The minimum atomic E-state index is -0.872. The van der Waals surface area contributed by atoms with E-state index in [4.69, 9.17) is 33.0 Å². The van der Waals surface area contributed by atoms with Crippen molar-refractivity contribution >= 4 is 45.5 Å². The largest absolute Gasteiger partial charge is 0.461 e. The maximum Gasteiger partial charge on any atom is 0.251 e. The Morgan fingerprint density at radius 1 is 0.879 bits per heavy atom. The number of rotatable bonds is 3. The van der Waals surface area contributed by atoms with Crippen LogP contribution in [0.4, 0.5) is 0 Å². The fourth-order valence-corrected chi connectivity index (χ4v) is 4.84. The minimum absolute atomic E-state index is 0.143. The van der Waals surface area contributed by atoms with E-state index in [0.29, 0.717) is 27.8 Å². The van der Waals surface area contributed by atoms with E-state index in [1.807, 2.05) is 24.3 Å². The molecule has 2 aliphatic rings. The number of ketones is 1. The van der Waals surface area contributed by atoms with Crippen LogP contribution in [0.1, 0.15) is 33.9 Å². The molecule has 0 aliphatic carbocycles. The van der Waals surface area contributed by atoms with Crippen molar-refractivity contribution in [2.45, 2.75) is 18.7 Å². The molecule has 33 heavy (non-hydrogen) atoms. The summed E-state index contributed by atoms with van der Waals surface area (Å²) in [6, 6.07) is 26.7. The topological polar surface area (TPSA) is 41.9 Å². The normalized spacial score (nSPS) is 19.0. The number of fused-ring (bicyclic) bond motifs is 4. The van der Waals surface area contributed by atoms with Gasteiger partial charge in [-0.3, -0.25) is 4.79 Å². The number of benzene rings is 4. The Balaban J connectivity index is 1.43. The molecule has 2 heterocycles. The first-order chi connectivity index (χ1) is 16.1. The Bertz CT molecular complexity index is 1430. The van der Waals surface area contributed by atoms with Crippen LogP contribution in [0.25, 0.3) is 10.8 Å². The van der Waals surface area contributed by atoms with Crippen LogP contribution in [-0.2, 0) is 0 Å². The van der Waals surface area contributed by atoms with E-state index in [0.717, 1.165) is 22.2 Å². The summed E-state index contributed by atoms with van der Waals surface area (Å²) in [5, 5.41) is 10.2. The molecule has 0 N–H and O–H groups in total. The van der Waals surface area contributed by atoms with Gasteiger partial charge in [-0.1, -0.05) is 59.6 Å². The Labute approximate surface area is 201 Å². The van der Waals surface area contributed by atoms with Gasteiger partial charge in [0.05, 0.1) is 11.8 Å². The Hall–Kier alpha value is -3.34. The number of hydrogen-bond donors (Lipinski definition) is 0. The van der Waals surface area contributed by atoms with Gasteiger partial charge in [0.2, 0.25) is 5.78 Å². The molecular formula is C27H18Cl2N2O2. The van der Waals surface area contributed by atoms with Crippen molar-refractivity contribution in [3.05, 3.63) is 112 Å². The number of halogens is 2. The Morgan fingerprint density at radius 3 is 2.45 bits per heavy atom. The smallest absolute Gasteiger partial charge is 0.251 e. The third-order valence-corrected chi connectivity index (χ3v) is 6.67. The fourth-order valence-electron chi connectivity index (χ4n) is 4.53. The molecule has 4 nitrogen and oxygen atoms in total. The van der Waals surface area contributed by atoms with Crippen LogP contribution in [0, 0.1) is 0 Å². The number of hydrogen-bond acceptors (Lipinski definition) is 4. The third kappa shape index (κ3) is 3.56. The van der Waals surface area contributed by atoms with Crippen LogP contribution in [0.3, 0.4) is 0 Å². The predicted molar refractivity (Wildman–Crippen MR) is 131 cm³/mol. The zero-order chi connectivity index (χ0) is 22.5. The zero-order valence-corrected chi connectivity index (χ0v) is 18.9. The van der Waals surface area contributed by atoms with Crippen molar-refractivity contribution in [3.8, 4) is 5.75 Å². The highest BCUT2D eigenvalue weighted by molar-refractivity contribution is 6.31. The first-order valence-electron chi connectivity index (χ1n) is 10.7. The first-order valence-corrected chi connectivity index (χ1v) is 11.4. The molecule has 0 unspecified atom stereocenters. The number of carbonyl (C=O) groups excluding carboxylic acids is 1. The van der Waals surface area contributed by atoms with Crippen LogP contribution in [0.15, 0.2) is 90.0 Å². The summed E-state index contributed by atoms with van der Waals surface area (Å²) >= 11 is 12.3. The molecule has 2 aliphatic heterocycles. The van der Waals surface area contributed by atoms with Crippen LogP contribution < -0.4 is 4.74 Å². The number of Topliss-reactive ketones (excluding diaryl/α,β-unsaturated/α-hetero) is 1. The lowest BCUT2D eigenvalue weighted by atomic mass is 9.95. The van der Waals surface area contributed by atoms with Crippen molar-refractivity contribution < 1.29 is 9.53 Å². The van der Waals surface area contributed by atoms with Crippen LogP contribution in [-0.4, -0.2) is 22.7 Å². The molecular weight excluding hydrogens is 455 g/mol. The Morgan fingerprint density at radius 2 is 1.64 bits per heavy atom. The molecule has 0 saturated heterocycles. The van der Waals surface area contributed by atoms with Gasteiger partial charge in [0.25, 0.3) is 6.23 Å². The molecule has 6 rings (SSSR count). The maximum absolute atomic E-state index is 13.4. The summed E-state index contributed by atoms with van der Waals surface area (Å²) in [7, 11) is 0. The van der Waals surface area contributed by atoms with Crippen molar-refractivity contribution in [1.82, 2.24) is 5.01 Å². The number of hydrazone groups is 1. The molecule has 4 aromatic rings. The standard InChI is InChI=1S/C27H18Cl2N2O2/c28-20-9-7-17(8-10-20)26(32)27-31-24(22-14-21(29)11-12-25(22)33-27)15-23(30-31)19-6-5-16-3-1-2-4-18(16)13-19/h1-14,24,27H,15H2/t24-,27+/m0/s1. The summed E-state index contributed by atoms with van der Waals surface area (Å²) in [5.41, 5.74) is 3.40. The van der Waals surface area contributed by atoms with Gasteiger partial charge in [-0.15, -0.1) is 0 Å². The lowest BCUT2D eigenvalue weighted by Gasteiger charge is -2.37. The van der Waals surface area contributed by atoms with Crippen molar-refractivity contribution in [2.75, 3.05) is 0 Å². The van der Waals surface area contributed by atoms with E-state index in [9.17, 15) is 4.79 Å². The van der Waals surface area contributed by atoms with E-state index < -0.39 is 6.23 Å². The summed E-state index contributed by atoms with van der Waals surface area (Å²) in [6.45, 7) is 0. The molecule has 2 atom stereocenters. The third-order valence-electron chi connectivity index (χ3n) is 6.19. The molecule has 4 aromatic carbocycles. The predicted octanol–water partition coefficient (Wildman–Crippen LogP) is 6.90. The van der Waals surface area contributed by atoms with Gasteiger partial charge < -0.3 is 4.74 Å². The molecule has 0 fully saturated rings. The van der Waals surface area contributed by atoms with E-state index in [-0.39, 0.29) is 11.8 Å². The van der Waals surface area contributed by atoms with E-state index >= 15 is 0 Å². The van der Waals surface area contributed by atoms with Gasteiger partial charge >= 0.3 is 0 Å². The minimum Gasteiger partial charge on any atom is -0.461 e. The lowest BCUT2D eigenvalue weighted by molar-refractivity contribution is -0.00455. The van der Waals surface area contributed by atoms with Crippen LogP contribution in [0.2, 0.25) is 10.0 Å². The number of ether oxygens (including phenoxy) is 1. The van der Waals surface area contributed by atoms with Gasteiger partial charge in [0, 0.05) is 27.6 Å². The first kappa shape index (κ1) is 20.3. The second-order valence-corrected chi connectivity index (χ2v) is 9.10. The lowest BCUT2D eigenvalue weighted by Crippen LogP contribution is -2.45. The van der Waals surface area contributed by atoms with E-state index in [2.05, 4.69) is 30.3 Å².